The largest absolute Gasteiger partial charge is 0.495 e. The number of ether oxygens (including phenoxy) is 2. The van der Waals surface area contributed by atoms with E-state index in [1.54, 1.807) is 12.1 Å². The standard InChI is InChI=1S/C11H10Cl3NO3/c1-17-11-7(6-15-16)4-8(5-9(11)12)18-3-2-10(13)14/h2,4-5H,3,6H2,1H3. The molecular weight excluding hydrogens is 300 g/mol. The molecule has 18 heavy (non-hydrogen) atoms. The smallest absolute Gasteiger partial charge is 0.142 e. The van der Waals surface area contributed by atoms with E-state index in [9.17, 15) is 4.91 Å². The first-order chi connectivity index (χ1) is 8.58. The van der Waals surface area contributed by atoms with Gasteiger partial charge in [0.1, 0.15) is 29.1 Å². The maximum atomic E-state index is 10.3. The molecule has 0 aliphatic rings. The molecule has 0 unspecified atom stereocenters. The van der Waals surface area contributed by atoms with Crippen molar-refractivity contribution in [2.45, 2.75) is 6.54 Å². The van der Waals surface area contributed by atoms with E-state index in [-0.39, 0.29) is 17.6 Å². The Bertz CT molecular complexity index is 459. The molecule has 0 bridgehead atoms. The van der Waals surface area contributed by atoms with E-state index in [0.717, 1.165) is 0 Å². The minimum atomic E-state index is -0.0494. The molecule has 7 heteroatoms. The Balaban J connectivity index is 2.93. The molecule has 0 heterocycles. The number of halogens is 3. The fraction of sp³-hybridized carbons (Fsp3) is 0.273. The van der Waals surface area contributed by atoms with E-state index in [2.05, 4.69) is 5.18 Å². The molecule has 4 nitrogen and oxygen atoms in total. The quantitative estimate of drug-likeness (QED) is 0.735. The van der Waals surface area contributed by atoms with Crippen molar-refractivity contribution in [3.8, 4) is 11.5 Å². The van der Waals surface area contributed by atoms with Gasteiger partial charge in [-0.3, -0.25) is 0 Å². The molecule has 0 aliphatic heterocycles. The number of nitrogens with zero attached hydrogens (tertiary/aromatic N) is 1. The van der Waals surface area contributed by atoms with Gasteiger partial charge in [0.05, 0.1) is 12.1 Å². The van der Waals surface area contributed by atoms with Crippen LogP contribution < -0.4 is 9.47 Å². The summed E-state index contributed by atoms with van der Waals surface area (Å²) >= 11 is 16.9. The zero-order valence-corrected chi connectivity index (χ0v) is 11.7. The zero-order valence-electron chi connectivity index (χ0n) is 9.45. The first-order valence-corrected chi connectivity index (χ1v) is 6.01. The fourth-order valence-electron chi connectivity index (χ4n) is 1.32. The van der Waals surface area contributed by atoms with E-state index in [1.165, 1.54) is 13.2 Å². The number of hydrogen-bond donors (Lipinski definition) is 0. The van der Waals surface area contributed by atoms with Gasteiger partial charge >= 0.3 is 0 Å². The van der Waals surface area contributed by atoms with Gasteiger partial charge < -0.3 is 9.47 Å². The zero-order chi connectivity index (χ0) is 13.5. The van der Waals surface area contributed by atoms with Gasteiger partial charge in [-0.1, -0.05) is 40.0 Å². The van der Waals surface area contributed by atoms with Crippen LogP contribution in [0.25, 0.3) is 0 Å². The molecule has 1 rings (SSSR count). The summed E-state index contributed by atoms with van der Waals surface area (Å²) in [6.07, 6.45) is 1.49. The minimum absolute atomic E-state index is 0.0494. The maximum Gasteiger partial charge on any atom is 0.142 e. The van der Waals surface area contributed by atoms with E-state index in [1.807, 2.05) is 0 Å². The lowest BCUT2D eigenvalue weighted by Gasteiger charge is -2.11. The molecule has 0 fully saturated rings. The molecule has 0 aromatic heterocycles. The number of rotatable bonds is 6. The van der Waals surface area contributed by atoms with Crippen molar-refractivity contribution >= 4 is 34.8 Å². The van der Waals surface area contributed by atoms with Gasteiger partial charge in [0, 0.05) is 11.6 Å². The Morgan fingerprint density at radius 3 is 2.72 bits per heavy atom. The van der Waals surface area contributed by atoms with Crippen LogP contribution in [-0.4, -0.2) is 13.7 Å². The van der Waals surface area contributed by atoms with Gasteiger partial charge in [0.2, 0.25) is 0 Å². The molecule has 0 aliphatic carbocycles. The lowest BCUT2D eigenvalue weighted by atomic mass is 10.2. The summed E-state index contributed by atoms with van der Waals surface area (Å²) in [5.41, 5.74) is 0.552. The molecule has 0 radical (unpaired) electrons. The Labute approximate surface area is 119 Å². The van der Waals surface area contributed by atoms with Crippen LogP contribution in [0.15, 0.2) is 27.9 Å². The van der Waals surface area contributed by atoms with Crippen molar-refractivity contribution in [2.75, 3.05) is 13.7 Å². The summed E-state index contributed by atoms with van der Waals surface area (Å²) in [7, 11) is 1.46. The highest BCUT2D eigenvalue weighted by atomic mass is 35.5. The molecule has 0 saturated carbocycles. The normalized spacial score (nSPS) is 9.78. The summed E-state index contributed by atoms with van der Waals surface area (Å²) in [5, 5.41) is 3.15. The van der Waals surface area contributed by atoms with Crippen molar-refractivity contribution in [1.29, 1.82) is 0 Å². The summed E-state index contributed by atoms with van der Waals surface area (Å²) in [5.74, 6) is 0.889. The predicted molar refractivity (Wildman–Crippen MR) is 72.8 cm³/mol. The molecule has 0 N–H and O–H groups in total. The Kier molecular flexibility index (Phi) is 6.25. The van der Waals surface area contributed by atoms with Gasteiger partial charge in [-0.2, -0.15) is 4.91 Å². The van der Waals surface area contributed by atoms with E-state index < -0.39 is 0 Å². The second-order valence-corrected chi connectivity index (χ2v) is 4.60. The summed E-state index contributed by atoms with van der Waals surface area (Å²) in [4.78, 5) is 10.3. The van der Waals surface area contributed by atoms with Gasteiger partial charge in [-0.05, 0) is 12.1 Å². The molecule has 98 valence electrons. The van der Waals surface area contributed by atoms with Crippen LogP contribution in [-0.2, 0) is 6.54 Å². The predicted octanol–water partition coefficient (Wildman–Crippen LogP) is 4.31. The van der Waals surface area contributed by atoms with Crippen molar-refractivity contribution in [3.05, 3.63) is 38.2 Å². The Morgan fingerprint density at radius 2 is 2.17 bits per heavy atom. The number of hydrogen-bond acceptors (Lipinski definition) is 4. The monoisotopic (exact) mass is 309 g/mol. The van der Waals surface area contributed by atoms with Crippen LogP contribution in [0.5, 0.6) is 11.5 Å². The van der Waals surface area contributed by atoms with Crippen LogP contribution in [0.3, 0.4) is 0 Å². The molecule has 0 atom stereocenters. The second-order valence-electron chi connectivity index (χ2n) is 3.19. The number of methoxy groups -OCH3 is 1. The van der Waals surface area contributed by atoms with E-state index in [4.69, 9.17) is 44.3 Å². The molecule has 0 spiro atoms. The molecule has 1 aromatic carbocycles. The molecule has 0 saturated heterocycles. The summed E-state index contributed by atoms with van der Waals surface area (Å²) in [6, 6.07) is 3.20. The van der Waals surface area contributed by atoms with Gasteiger partial charge in [0.25, 0.3) is 0 Å². The van der Waals surface area contributed by atoms with E-state index >= 15 is 0 Å². The van der Waals surface area contributed by atoms with Crippen LogP contribution in [0.2, 0.25) is 5.02 Å². The van der Waals surface area contributed by atoms with Crippen molar-refractivity contribution in [1.82, 2.24) is 0 Å². The highest BCUT2D eigenvalue weighted by Gasteiger charge is 2.11. The first kappa shape index (κ1) is 15.1. The minimum Gasteiger partial charge on any atom is -0.495 e. The van der Waals surface area contributed by atoms with Gasteiger partial charge in [-0.15, -0.1) is 0 Å². The van der Waals surface area contributed by atoms with Crippen molar-refractivity contribution in [2.24, 2.45) is 5.18 Å². The Morgan fingerprint density at radius 1 is 1.44 bits per heavy atom. The molecular formula is C11H10Cl3NO3. The summed E-state index contributed by atoms with van der Waals surface area (Å²) in [6.45, 7) is 0.144. The van der Waals surface area contributed by atoms with Crippen LogP contribution in [0, 0.1) is 4.91 Å². The van der Waals surface area contributed by atoms with Crippen LogP contribution in [0.1, 0.15) is 5.56 Å². The topological polar surface area (TPSA) is 47.9 Å². The maximum absolute atomic E-state index is 10.3. The second kappa shape index (κ2) is 7.46. The van der Waals surface area contributed by atoms with Crippen molar-refractivity contribution in [3.63, 3.8) is 0 Å². The van der Waals surface area contributed by atoms with Crippen LogP contribution in [0.4, 0.5) is 0 Å². The fourth-order valence-corrected chi connectivity index (χ4v) is 1.75. The van der Waals surface area contributed by atoms with E-state index in [0.29, 0.717) is 22.1 Å². The Hall–Kier alpha value is -0.970. The van der Waals surface area contributed by atoms with Crippen molar-refractivity contribution < 1.29 is 9.47 Å². The highest BCUT2D eigenvalue weighted by Crippen LogP contribution is 2.33. The average molecular weight is 311 g/mol. The lowest BCUT2D eigenvalue weighted by Crippen LogP contribution is -1.97. The first-order valence-electron chi connectivity index (χ1n) is 4.88. The molecule has 1 aromatic rings. The average Bonchev–Trinajstić information content (AvgIpc) is 2.28. The van der Waals surface area contributed by atoms with Crippen LogP contribution >= 0.6 is 34.8 Å². The third-order valence-corrected chi connectivity index (χ3v) is 2.61. The number of benzene rings is 1. The molecule has 0 amide bonds. The third kappa shape index (κ3) is 4.37. The van der Waals surface area contributed by atoms with Gasteiger partial charge in [-0.25, -0.2) is 0 Å². The third-order valence-electron chi connectivity index (χ3n) is 2.02. The number of nitroso groups, excluding NO2 is 1. The SMILES string of the molecule is COc1c(Cl)cc(OCC=C(Cl)Cl)cc1CN=O. The van der Waals surface area contributed by atoms with Gasteiger partial charge in [0.15, 0.2) is 0 Å². The summed E-state index contributed by atoms with van der Waals surface area (Å²) < 4.78 is 10.6. The lowest BCUT2D eigenvalue weighted by molar-refractivity contribution is 0.360. The highest BCUT2D eigenvalue weighted by molar-refractivity contribution is 6.55.